The van der Waals surface area contributed by atoms with Crippen LogP contribution in [-0.4, -0.2) is 40.2 Å². The van der Waals surface area contributed by atoms with Gasteiger partial charge in [0.2, 0.25) is 0 Å². The molecule has 0 aliphatic carbocycles. The molecule has 1 aliphatic rings. The first-order chi connectivity index (χ1) is 12.5. The van der Waals surface area contributed by atoms with E-state index >= 15 is 0 Å². The van der Waals surface area contributed by atoms with Gasteiger partial charge in [0.15, 0.2) is 11.6 Å². The van der Waals surface area contributed by atoms with Crippen LogP contribution < -0.4 is 5.32 Å². The van der Waals surface area contributed by atoms with Crippen molar-refractivity contribution in [1.82, 2.24) is 14.9 Å². The summed E-state index contributed by atoms with van der Waals surface area (Å²) in [5.74, 6) is -1.87. The molecule has 134 valence electrons. The number of benzene rings is 1. The Labute approximate surface area is 150 Å². The largest absolute Gasteiger partial charge is 0.322 e. The smallest absolute Gasteiger partial charge is 0.321 e. The Morgan fingerprint density at radius 2 is 2.12 bits per heavy atom. The third-order valence-corrected chi connectivity index (χ3v) is 5.11. The van der Waals surface area contributed by atoms with E-state index in [1.165, 1.54) is 28.5 Å². The molecule has 2 aromatic heterocycles. The number of carbonyl (C=O) groups is 1. The van der Waals surface area contributed by atoms with Gasteiger partial charge in [-0.2, -0.15) is 0 Å². The number of amides is 2. The SMILES string of the molecule is O=C(Nc1cnc2sc(-c3ccc(F)c(F)c3)nc2c1)N1CC[C@H](F)C1. The molecule has 9 heteroatoms. The lowest BCUT2D eigenvalue weighted by molar-refractivity contribution is 0.218. The van der Waals surface area contributed by atoms with Crippen LogP contribution in [0, 0.1) is 11.6 Å². The number of nitrogens with one attached hydrogen (secondary N) is 1. The highest BCUT2D eigenvalue weighted by Gasteiger charge is 2.26. The first kappa shape index (κ1) is 16.8. The maximum absolute atomic E-state index is 13.4. The van der Waals surface area contributed by atoms with Crippen molar-refractivity contribution in [2.24, 2.45) is 0 Å². The highest BCUT2D eigenvalue weighted by molar-refractivity contribution is 7.21. The second kappa shape index (κ2) is 6.56. The van der Waals surface area contributed by atoms with Crippen LogP contribution >= 0.6 is 11.3 Å². The van der Waals surface area contributed by atoms with Crippen LogP contribution in [-0.2, 0) is 0 Å². The number of urea groups is 1. The van der Waals surface area contributed by atoms with Gasteiger partial charge in [0, 0.05) is 12.1 Å². The van der Waals surface area contributed by atoms with Crippen molar-refractivity contribution in [3.63, 3.8) is 0 Å². The molecule has 26 heavy (non-hydrogen) atoms. The standard InChI is InChI=1S/C17H13F3N4OS/c18-10-3-4-24(8-10)17(25)22-11-6-14-16(21-7-11)26-15(23-14)9-1-2-12(19)13(20)5-9/h1-2,5-7,10H,3-4,8H2,(H,22,25)/t10-/m0/s1. The van der Waals surface area contributed by atoms with Gasteiger partial charge in [-0.1, -0.05) is 11.3 Å². The van der Waals surface area contributed by atoms with Crippen LogP contribution in [0.2, 0.25) is 0 Å². The summed E-state index contributed by atoms with van der Waals surface area (Å²) in [4.78, 5) is 22.7. The molecule has 1 N–H and O–H groups in total. The maximum atomic E-state index is 13.4. The van der Waals surface area contributed by atoms with Crippen molar-refractivity contribution in [2.45, 2.75) is 12.6 Å². The van der Waals surface area contributed by atoms with Gasteiger partial charge < -0.3 is 10.2 Å². The predicted octanol–water partition coefficient (Wildman–Crippen LogP) is 4.21. The van der Waals surface area contributed by atoms with Crippen LogP contribution in [0.1, 0.15) is 6.42 Å². The highest BCUT2D eigenvalue weighted by atomic mass is 32.1. The van der Waals surface area contributed by atoms with E-state index in [0.29, 0.717) is 39.6 Å². The van der Waals surface area contributed by atoms with Gasteiger partial charge >= 0.3 is 6.03 Å². The van der Waals surface area contributed by atoms with E-state index in [9.17, 15) is 18.0 Å². The minimum absolute atomic E-state index is 0.0818. The fourth-order valence-corrected chi connectivity index (χ4v) is 3.64. The fourth-order valence-electron chi connectivity index (χ4n) is 2.75. The molecule has 0 saturated carbocycles. The molecule has 1 atom stereocenters. The molecule has 3 heterocycles. The molecule has 0 spiro atoms. The summed E-state index contributed by atoms with van der Waals surface area (Å²) >= 11 is 1.23. The second-order valence-electron chi connectivity index (χ2n) is 5.96. The van der Waals surface area contributed by atoms with Gasteiger partial charge in [-0.05, 0) is 30.7 Å². The Bertz CT molecular complexity index is 993. The van der Waals surface area contributed by atoms with Crippen molar-refractivity contribution < 1.29 is 18.0 Å². The molecule has 1 aliphatic heterocycles. The van der Waals surface area contributed by atoms with E-state index in [1.807, 2.05) is 0 Å². The van der Waals surface area contributed by atoms with Crippen molar-refractivity contribution in [1.29, 1.82) is 0 Å². The number of halogens is 3. The lowest BCUT2D eigenvalue weighted by Gasteiger charge is -2.15. The van der Waals surface area contributed by atoms with Crippen LogP contribution in [0.5, 0.6) is 0 Å². The Morgan fingerprint density at radius 3 is 2.85 bits per heavy atom. The summed E-state index contributed by atoms with van der Waals surface area (Å²) in [6.45, 7) is 0.456. The number of thiazole rings is 1. The van der Waals surface area contributed by atoms with Crippen LogP contribution in [0.25, 0.3) is 20.9 Å². The summed E-state index contributed by atoms with van der Waals surface area (Å²) in [5, 5.41) is 3.17. The summed E-state index contributed by atoms with van der Waals surface area (Å²) < 4.78 is 39.7. The number of hydrogen-bond donors (Lipinski definition) is 1. The number of anilines is 1. The number of pyridine rings is 1. The van der Waals surface area contributed by atoms with Crippen molar-refractivity contribution in [3.8, 4) is 10.6 Å². The number of likely N-dealkylation sites (tertiary alicyclic amines) is 1. The molecule has 0 radical (unpaired) electrons. The fraction of sp³-hybridized carbons (Fsp3) is 0.235. The first-order valence-electron chi connectivity index (χ1n) is 7.91. The van der Waals surface area contributed by atoms with E-state index in [2.05, 4.69) is 15.3 Å². The van der Waals surface area contributed by atoms with Gasteiger partial charge in [0.1, 0.15) is 21.5 Å². The van der Waals surface area contributed by atoms with Crippen LogP contribution in [0.15, 0.2) is 30.5 Å². The van der Waals surface area contributed by atoms with E-state index in [-0.39, 0.29) is 12.6 Å². The lowest BCUT2D eigenvalue weighted by atomic mass is 10.2. The molecule has 4 rings (SSSR count). The average Bonchev–Trinajstić information content (AvgIpc) is 3.23. The molecular weight excluding hydrogens is 365 g/mol. The molecule has 1 saturated heterocycles. The Hall–Kier alpha value is -2.68. The van der Waals surface area contributed by atoms with Gasteiger partial charge in [0.25, 0.3) is 0 Å². The highest BCUT2D eigenvalue weighted by Crippen LogP contribution is 2.31. The van der Waals surface area contributed by atoms with Crippen LogP contribution in [0.3, 0.4) is 0 Å². The number of alkyl halides is 1. The molecule has 2 amide bonds. The number of carbonyl (C=O) groups excluding carboxylic acids is 1. The molecule has 5 nitrogen and oxygen atoms in total. The zero-order valence-corrected chi connectivity index (χ0v) is 14.2. The predicted molar refractivity (Wildman–Crippen MR) is 92.9 cm³/mol. The summed E-state index contributed by atoms with van der Waals surface area (Å²) in [6, 6.07) is 4.82. The second-order valence-corrected chi connectivity index (χ2v) is 6.94. The van der Waals surface area contributed by atoms with E-state index in [4.69, 9.17) is 0 Å². The third kappa shape index (κ3) is 3.22. The van der Waals surface area contributed by atoms with Gasteiger partial charge in [0.05, 0.1) is 18.4 Å². The summed E-state index contributed by atoms with van der Waals surface area (Å²) in [6.07, 6.45) is 0.837. The maximum Gasteiger partial charge on any atom is 0.321 e. The first-order valence-corrected chi connectivity index (χ1v) is 8.73. The minimum atomic E-state index is -0.987. The number of fused-ring (bicyclic) bond motifs is 1. The zero-order valence-electron chi connectivity index (χ0n) is 13.4. The van der Waals surface area contributed by atoms with Gasteiger partial charge in [-0.25, -0.2) is 27.9 Å². The van der Waals surface area contributed by atoms with Crippen molar-refractivity contribution in [3.05, 3.63) is 42.1 Å². The molecule has 1 fully saturated rings. The van der Waals surface area contributed by atoms with Gasteiger partial charge in [-0.15, -0.1) is 0 Å². The van der Waals surface area contributed by atoms with E-state index in [1.54, 1.807) is 6.07 Å². The number of nitrogens with zero attached hydrogens (tertiary/aromatic N) is 3. The van der Waals surface area contributed by atoms with Crippen molar-refractivity contribution in [2.75, 3.05) is 18.4 Å². The zero-order chi connectivity index (χ0) is 18.3. The molecule has 0 bridgehead atoms. The van der Waals surface area contributed by atoms with Gasteiger partial charge in [-0.3, -0.25) is 0 Å². The number of aromatic nitrogens is 2. The summed E-state index contributed by atoms with van der Waals surface area (Å²) in [7, 11) is 0. The Balaban J connectivity index is 1.57. The quantitative estimate of drug-likeness (QED) is 0.727. The van der Waals surface area contributed by atoms with Crippen molar-refractivity contribution >= 4 is 33.4 Å². The number of hydrogen-bond acceptors (Lipinski definition) is 4. The Morgan fingerprint density at radius 1 is 1.27 bits per heavy atom. The molecule has 0 unspecified atom stereocenters. The molecule has 3 aromatic rings. The minimum Gasteiger partial charge on any atom is -0.322 e. The van der Waals surface area contributed by atoms with E-state index < -0.39 is 17.8 Å². The lowest BCUT2D eigenvalue weighted by Crippen LogP contribution is -2.33. The normalized spacial score (nSPS) is 17.0. The number of rotatable bonds is 2. The van der Waals surface area contributed by atoms with E-state index in [0.717, 1.165) is 12.1 Å². The summed E-state index contributed by atoms with van der Waals surface area (Å²) in [5.41, 5.74) is 1.41. The topological polar surface area (TPSA) is 58.1 Å². The average molecular weight is 378 g/mol. The molecule has 1 aromatic carbocycles. The Kier molecular flexibility index (Phi) is 4.23. The third-order valence-electron chi connectivity index (χ3n) is 4.08. The molecular formula is C17H13F3N4OS. The monoisotopic (exact) mass is 378 g/mol. The van der Waals surface area contributed by atoms with Crippen LogP contribution in [0.4, 0.5) is 23.7 Å².